The first-order valence-electron chi connectivity index (χ1n) is 10.1. The summed E-state index contributed by atoms with van der Waals surface area (Å²) in [5.74, 6) is 0.764. The standard InChI is InChI=1S/C21H20N4O5S2/c1-13-5-2-3-7-18(13)32(27,28)25-10-4-6-15(25)20-23-24-21(31-20)19(26)22-14-8-9-16-17(11-14)30-12-29-16/h2-3,5,7-9,11,15H,4,6,10,12H2,1H3,(H,22,26)/t15-/m0/s1. The summed E-state index contributed by atoms with van der Waals surface area (Å²) in [5.41, 5.74) is 1.24. The predicted octanol–water partition coefficient (Wildman–Crippen LogP) is 3.35. The van der Waals surface area contributed by atoms with Crippen LogP contribution in [0.3, 0.4) is 0 Å². The fraction of sp³-hybridized carbons (Fsp3) is 0.286. The molecular formula is C21H20N4O5S2. The van der Waals surface area contributed by atoms with Crippen molar-refractivity contribution in [2.45, 2.75) is 30.7 Å². The van der Waals surface area contributed by atoms with Gasteiger partial charge in [0.15, 0.2) is 11.5 Å². The van der Waals surface area contributed by atoms with Crippen LogP contribution < -0.4 is 14.8 Å². The Hall–Kier alpha value is -3.02. The molecule has 0 spiro atoms. The third kappa shape index (κ3) is 3.72. The van der Waals surface area contributed by atoms with Gasteiger partial charge in [0.2, 0.25) is 21.8 Å². The SMILES string of the molecule is Cc1ccccc1S(=O)(=O)N1CCC[C@H]1c1nnc(C(=O)Nc2ccc3c(c2)OCO3)s1. The van der Waals surface area contributed by atoms with Crippen molar-refractivity contribution in [1.82, 2.24) is 14.5 Å². The van der Waals surface area contributed by atoms with Crippen LogP contribution in [0.2, 0.25) is 0 Å². The number of carbonyl (C=O) groups excluding carboxylic acids is 1. The molecule has 2 aromatic carbocycles. The maximum Gasteiger partial charge on any atom is 0.286 e. The Morgan fingerprint density at radius 1 is 1.16 bits per heavy atom. The molecule has 32 heavy (non-hydrogen) atoms. The van der Waals surface area contributed by atoms with E-state index in [4.69, 9.17) is 9.47 Å². The summed E-state index contributed by atoms with van der Waals surface area (Å²) in [7, 11) is -3.69. The van der Waals surface area contributed by atoms with E-state index in [1.807, 2.05) is 6.07 Å². The number of benzene rings is 2. The summed E-state index contributed by atoms with van der Waals surface area (Å²) in [4.78, 5) is 13.0. The molecule has 5 rings (SSSR count). The largest absolute Gasteiger partial charge is 0.454 e. The van der Waals surface area contributed by atoms with Crippen molar-refractivity contribution < 1.29 is 22.7 Å². The number of fused-ring (bicyclic) bond motifs is 1. The van der Waals surface area contributed by atoms with E-state index in [0.29, 0.717) is 47.1 Å². The van der Waals surface area contributed by atoms with Crippen molar-refractivity contribution >= 4 is 33.0 Å². The first kappa shape index (κ1) is 20.9. The average Bonchev–Trinajstić information content (AvgIpc) is 3.53. The van der Waals surface area contributed by atoms with Crippen LogP contribution in [0.4, 0.5) is 5.69 Å². The van der Waals surface area contributed by atoms with Gasteiger partial charge in [0.05, 0.1) is 10.9 Å². The number of amides is 1. The lowest BCUT2D eigenvalue weighted by Crippen LogP contribution is -2.31. The van der Waals surface area contributed by atoms with Crippen LogP contribution in [0.15, 0.2) is 47.4 Å². The molecule has 2 aliphatic rings. The van der Waals surface area contributed by atoms with Gasteiger partial charge in [0.25, 0.3) is 5.91 Å². The van der Waals surface area contributed by atoms with Crippen molar-refractivity contribution in [3.63, 3.8) is 0 Å². The molecule has 1 N–H and O–H groups in total. The molecule has 0 aliphatic carbocycles. The Labute approximate surface area is 189 Å². The van der Waals surface area contributed by atoms with Crippen molar-refractivity contribution in [3.05, 3.63) is 58.0 Å². The molecule has 1 aromatic heterocycles. The van der Waals surface area contributed by atoms with E-state index >= 15 is 0 Å². The molecule has 2 aliphatic heterocycles. The van der Waals surface area contributed by atoms with E-state index in [1.54, 1.807) is 43.3 Å². The Morgan fingerprint density at radius 2 is 1.97 bits per heavy atom. The van der Waals surface area contributed by atoms with E-state index in [-0.39, 0.29) is 16.7 Å². The molecule has 1 fully saturated rings. The van der Waals surface area contributed by atoms with Gasteiger partial charge < -0.3 is 14.8 Å². The first-order valence-corrected chi connectivity index (χ1v) is 12.3. The summed E-state index contributed by atoms with van der Waals surface area (Å²) in [6.45, 7) is 2.33. The zero-order chi connectivity index (χ0) is 22.3. The highest BCUT2D eigenvalue weighted by molar-refractivity contribution is 7.89. The van der Waals surface area contributed by atoms with Crippen LogP contribution in [0.25, 0.3) is 0 Å². The molecule has 3 aromatic rings. The summed E-state index contributed by atoms with van der Waals surface area (Å²) in [5, 5.41) is 11.6. The molecule has 0 radical (unpaired) electrons. The lowest BCUT2D eigenvalue weighted by atomic mass is 10.2. The summed E-state index contributed by atoms with van der Waals surface area (Å²) in [6.07, 6.45) is 1.34. The quantitative estimate of drug-likeness (QED) is 0.606. The van der Waals surface area contributed by atoms with E-state index in [1.165, 1.54) is 4.31 Å². The number of hydrogen-bond donors (Lipinski definition) is 1. The minimum Gasteiger partial charge on any atom is -0.454 e. The van der Waals surface area contributed by atoms with E-state index in [0.717, 1.165) is 11.3 Å². The molecule has 0 unspecified atom stereocenters. The monoisotopic (exact) mass is 472 g/mol. The second-order valence-corrected chi connectivity index (χ2v) is 10.4. The smallest absolute Gasteiger partial charge is 0.286 e. The molecule has 0 bridgehead atoms. The number of nitrogens with one attached hydrogen (secondary N) is 1. The minimum atomic E-state index is -3.69. The Bertz CT molecular complexity index is 1290. The molecule has 166 valence electrons. The van der Waals surface area contributed by atoms with Gasteiger partial charge in [0, 0.05) is 18.3 Å². The number of hydrogen-bond acceptors (Lipinski definition) is 8. The van der Waals surface area contributed by atoms with Crippen LogP contribution in [0.5, 0.6) is 11.5 Å². The fourth-order valence-corrected chi connectivity index (χ4v) is 6.71. The number of anilines is 1. The minimum absolute atomic E-state index is 0.149. The van der Waals surface area contributed by atoms with Gasteiger partial charge in [0.1, 0.15) is 5.01 Å². The van der Waals surface area contributed by atoms with Crippen LogP contribution in [0, 0.1) is 6.92 Å². The fourth-order valence-electron chi connectivity index (χ4n) is 3.87. The topological polar surface area (TPSA) is 111 Å². The Morgan fingerprint density at radius 3 is 2.81 bits per heavy atom. The lowest BCUT2D eigenvalue weighted by molar-refractivity contribution is 0.102. The van der Waals surface area contributed by atoms with Gasteiger partial charge in [-0.25, -0.2) is 8.42 Å². The van der Waals surface area contributed by atoms with Gasteiger partial charge in [-0.3, -0.25) is 4.79 Å². The molecule has 11 heteroatoms. The first-order chi connectivity index (χ1) is 15.4. The number of carbonyl (C=O) groups is 1. The highest BCUT2D eigenvalue weighted by Gasteiger charge is 2.39. The van der Waals surface area contributed by atoms with Gasteiger partial charge in [-0.05, 0) is 43.5 Å². The molecule has 1 saturated heterocycles. The van der Waals surface area contributed by atoms with Gasteiger partial charge in [-0.15, -0.1) is 10.2 Å². The van der Waals surface area contributed by atoms with Crippen molar-refractivity contribution in [2.24, 2.45) is 0 Å². The number of aromatic nitrogens is 2. The zero-order valence-corrected chi connectivity index (χ0v) is 18.8. The second-order valence-electron chi connectivity index (χ2n) is 7.51. The molecule has 3 heterocycles. The maximum atomic E-state index is 13.3. The molecule has 0 saturated carbocycles. The second kappa shape index (κ2) is 8.15. The lowest BCUT2D eigenvalue weighted by Gasteiger charge is -2.23. The Kier molecular flexibility index (Phi) is 5.31. The number of ether oxygens (including phenoxy) is 2. The summed E-state index contributed by atoms with van der Waals surface area (Å²) in [6, 6.07) is 11.6. The number of sulfonamides is 1. The van der Waals surface area contributed by atoms with Crippen molar-refractivity contribution in [1.29, 1.82) is 0 Å². The molecular weight excluding hydrogens is 452 g/mol. The maximum absolute atomic E-state index is 13.3. The highest BCUT2D eigenvalue weighted by Crippen LogP contribution is 2.38. The van der Waals surface area contributed by atoms with Gasteiger partial charge in [-0.2, -0.15) is 4.31 Å². The molecule has 1 atom stereocenters. The van der Waals surface area contributed by atoms with E-state index < -0.39 is 22.0 Å². The summed E-state index contributed by atoms with van der Waals surface area (Å²) < 4.78 is 38.7. The van der Waals surface area contributed by atoms with Crippen LogP contribution in [-0.4, -0.2) is 42.2 Å². The third-order valence-corrected chi connectivity index (χ3v) is 8.53. The normalized spacial score (nSPS) is 18.1. The van der Waals surface area contributed by atoms with Gasteiger partial charge >= 0.3 is 0 Å². The van der Waals surface area contributed by atoms with Gasteiger partial charge in [-0.1, -0.05) is 29.5 Å². The summed E-state index contributed by atoms with van der Waals surface area (Å²) >= 11 is 1.11. The van der Waals surface area contributed by atoms with Crippen LogP contribution in [-0.2, 0) is 10.0 Å². The average molecular weight is 473 g/mol. The Balaban J connectivity index is 1.35. The zero-order valence-electron chi connectivity index (χ0n) is 17.1. The van der Waals surface area contributed by atoms with E-state index in [9.17, 15) is 13.2 Å². The van der Waals surface area contributed by atoms with Crippen molar-refractivity contribution in [3.8, 4) is 11.5 Å². The number of rotatable bonds is 5. The highest BCUT2D eigenvalue weighted by atomic mass is 32.2. The number of nitrogens with zero attached hydrogens (tertiary/aromatic N) is 3. The van der Waals surface area contributed by atoms with Crippen LogP contribution >= 0.6 is 11.3 Å². The predicted molar refractivity (Wildman–Crippen MR) is 117 cm³/mol. The molecule has 1 amide bonds. The number of aryl methyl sites for hydroxylation is 1. The van der Waals surface area contributed by atoms with Crippen molar-refractivity contribution in [2.75, 3.05) is 18.7 Å². The third-order valence-electron chi connectivity index (χ3n) is 5.43. The molecule has 9 nitrogen and oxygen atoms in total. The van der Waals surface area contributed by atoms with E-state index in [2.05, 4.69) is 15.5 Å². The van der Waals surface area contributed by atoms with Crippen LogP contribution in [0.1, 0.15) is 39.3 Å².